The van der Waals surface area contributed by atoms with Crippen LogP contribution in [0.15, 0.2) is 71.6 Å². The molecule has 180 valence electrons. The Labute approximate surface area is 203 Å². The molecule has 1 saturated heterocycles. The normalized spacial score (nSPS) is 14.3. The number of amides is 1. The van der Waals surface area contributed by atoms with E-state index in [1.807, 2.05) is 30.3 Å². The van der Waals surface area contributed by atoms with E-state index in [9.17, 15) is 18.0 Å². The SMILES string of the molecule is N#Cc1ccc(OCC(=O)OCC(=O)N2CCN(S(=O)(=O)c3ccc4ccccc4c3)CC2)cc1. The van der Waals surface area contributed by atoms with Gasteiger partial charge in [0.05, 0.1) is 16.5 Å². The number of fused-ring (bicyclic) bond motifs is 1. The molecule has 9 nitrogen and oxygen atoms in total. The molecule has 3 aromatic carbocycles. The first-order valence-corrected chi connectivity index (χ1v) is 12.4. The minimum Gasteiger partial charge on any atom is -0.482 e. The smallest absolute Gasteiger partial charge is 0.344 e. The third kappa shape index (κ3) is 5.77. The number of rotatable bonds is 7. The maximum atomic E-state index is 13.1. The Balaban J connectivity index is 1.25. The van der Waals surface area contributed by atoms with Gasteiger partial charge in [-0.15, -0.1) is 0 Å². The molecule has 0 unspecified atom stereocenters. The van der Waals surface area contributed by atoms with E-state index >= 15 is 0 Å². The third-order valence-corrected chi connectivity index (χ3v) is 7.54. The molecular formula is C25H23N3O6S. The average molecular weight is 494 g/mol. The number of carbonyl (C=O) groups is 2. The van der Waals surface area contributed by atoms with E-state index in [1.54, 1.807) is 42.5 Å². The summed E-state index contributed by atoms with van der Waals surface area (Å²) in [5, 5.41) is 10.6. The molecule has 1 amide bonds. The molecule has 0 saturated carbocycles. The van der Waals surface area contributed by atoms with Crippen molar-refractivity contribution in [2.24, 2.45) is 0 Å². The molecule has 0 radical (unpaired) electrons. The highest BCUT2D eigenvalue weighted by Crippen LogP contribution is 2.23. The molecule has 10 heteroatoms. The summed E-state index contributed by atoms with van der Waals surface area (Å²) < 4.78 is 37.8. The van der Waals surface area contributed by atoms with Crippen LogP contribution in [0, 0.1) is 11.3 Å². The highest BCUT2D eigenvalue weighted by Gasteiger charge is 2.30. The quantitative estimate of drug-likeness (QED) is 0.463. The summed E-state index contributed by atoms with van der Waals surface area (Å²) in [6.45, 7) is -0.132. The summed E-state index contributed by atoms with van der Waals surface area (Å²) in [5.74, 6) is -0.712. The lowest BCUT2D eigenvalue weighted by molar-refractivity contribution is -0.154. The number of ether oxygens (including phenoxy) is 2. The zero-order valence-corrected chi connectivity index (χ0v) is 19.6. The van der Waals surface area contributed by atoms with E-state index < -0.39 is 28.5 Å². The number of esters is 1. The van der Waals surface area contributed by atoms with E-state index in [0.717, 1.165) is 10.8 Å². The molecule has 0 aromatic heterocycles. The van der Waals surface area contributed by atoms with Gasteiger partial charge >= 0.3 is 5.97 Å². The largest absolute Gasteiger partial charge is 0.482 e. The van der Waals surface area contributed by atoms with Gasteiger partial charge in [-0.05, 0) is 47.2 Å². The molecule has 1 heterocycles. The van der Waals surface area contributed by atoms with Crippen LogP contribution in [0.25, 0.3) is 10.8 Å². The predicted molar refractivity (Wildman–Crippen MR) is 127 cm³/mol. The molecule has 35 heavy (non-hydrogen) atoms. The van der Waals surface area contributed by atoms with Crippen LogP contribution in [0.2, 0.25) is 0 Å². The van der Waals surface area contributed by atoms with Crippen molar-refractivity contribution in [2.45, 2.75) is 4.90 Å². The van der Waals surface area contributed by atoms with E-state index in [-0.39, 0.29) is 37.7 Å². The molecule has 0 spiro atoms. The predicted octanol–water partition coefficient (Wildman–Crippen LogP) is 2.17. The molecule has 4 rings (SSSR count). The lowest BCUT2D eigenvalue weighted by atomic mass is 10.1. The lowest BCUT2D eigenvalue weighted by Gasteiger charge is -2.33. The first-order chi connectivity index (χ1) is 16.9. The molecule has 1 aliphatic heterocycles. The summed E-state index contributed by atoms with van der Waals surface area (Å²) in [6.07, 6.45) is 0. The fourth-order valence-electron chi connectivity index (χ4n) is 3.70. The maximum Gasteiger partial charge on any atom is 0.344 e. The van der Waals surface area contributed by atoms with Crippen LogP contribution in [0.5, 0.6) is 5.75 Å². The number of nitriles is 1. The van der Waals surface area contributed by atoms with Crippen molar-refractivity contribution in [3.05, 3.63) is 72.3 Å². The topological polar surface area (TPSA) is 117 Å². The molecule has 0 N–H and O–H groups in total. The summed E-state index contributed by atoms with van der Waals surface area (Å²) in [5.41, 5.74) is 0.468. The van der Waals surface area contributed by atoms with Gasteiger partial charge in [-0.2, -0.15) is 9.57 Å². The lowest BCUT2D eigenvalue weighted by Crippen LogP contribution is -2.51. The first kappa shape index (κ1) is 24.2. The van der Waals surface area contributed by atoms with Gasteiger partial charge in [0.25, 0.3) is 5.91 Å². The molecule has 3 aromatic rings. The Kier molecular flexibility index (Phi) is 7.29. The van der Waals surface area contributed by atoms with Crippen molar-refractivity contribution in [2.75, 3.05) is 39.4 Å². The zero-order chi connectivity index (χ0) is 24.8. The number of nitrogens with zero attached hydrogens (tertiary/aromatic N) is 3. The third-order valence-electron chi connectivity index (χ3n) is 5.65. The number of carbonyl (C=O) groups excluding carboxylic acids is 2. The monoisotopic (exact) mass is 493 g/mol. The fourth-order valence-corrected chi connectivity index (χ4v) is 5.16. The van der Waals surface area contributed by atoms with Gasteiger partial charge in [0.15, 0.2) is 13.2 Å². The highest BCUT2D eigenvalue weighted by molar-refractivity contribution is 7.89. The molecule has 1 aliphatic rings. The van der Waals surface area contributed by atoms with Crippen LogP contribution in [0.4, 0.5) is 0 Å². The second-order valence-electron chi connectivity index (χ2n) is 7.88. The Bertz CT molecular complexity index is 1370. The van der Waals surface area contributed by atoms with E-state index in [0.29, 0.717) is 11.3 Å². The van der Waals surface area contributed by atoms with Crippen molar-refractivity contribution < 1.29 is 27.5 Å². The van der Waals surface area contributed by atoms with Gasteiger partial charge in [-0.1, -0.05) is 30.3 Å². The minimum absolute atomic E-state index is 0.149. The van der Waals surface area contributed by atoms with Crippen molar-refractivity contribution in [3.63, 3.8) is 0 Å². The summed E-state index contributed by atoms with van der Waals surface area (Å²) >= 11 is 0. The molecule has 0 atom stereocenters. The van der Waals surface area contributed by atoms with Gasteiger partial charge < -0.3 is 14.4 Å². The van der Waals surface area contributed by atoms with Crippen LogP contribution < -0.4 is 4.74 Å². The number of hydrogen-bond acceptors (Lipinski definition) is 7. The van der Waals surface area contributed by atoms with Gasteiger partial charge in [0.2, 0.25) is 10.0 Å². The number of sulfonamides is 1. The van der Waals surface area contributed by atoms with Crippen LogP contribution in [0.1, 0.15) is 5.56 Å². The number of benzene rings is 3. The Morgan fingerprint density at radius 1 is 0.886 bits per heavy atom. The molecule has 0 aliphatic carbocycles. The van der Waals surface area contributed by atoms with Crippen molar-refractivity contribution in [3.8, 4) is 11.8 Å². The second-order valence-corrected chi connectivity index (χ2v) is 9.82. The molecule has 1 fully saturated rings. The van der Waals surface area contributed by atoms with Crippen molar-refractivity contribution >= 4 is 32.7 Å². The van der Waals surface area contributed by atoms with Crippen LogP contribution in [-0.4, -0.2) is 68.9 Å². The standard InChI is InChI=1S/C25H23N3O6S/c26-16-19-5-8-22(9-6-19)33-18-25(30)34-17-24(29)27-11-13-28(14-12-27)35(31,32)23-10-7-20-3-1-2-4-21(20)15-23/h1-10,15H,11-14,17-18H2. The minimum atomic E-state index is -3.69. The van der Waals surface area contributed by atoms with E-state index in [2.05, 4.69) is 0 Å². The first-order valence-electron chi connectivity index (χ1n) is 10.9. The van der Waals surface area contributed by atoms with Gasteiger partial charge in [-0.3, -0.25) is 4.79 Å². The Morgan fingerprint density at radius 2 is 1.57 bits per heavy atom. The van der Waals surface area contributed by atoms with Gasteiger partial charge in [0, 0.05) is 26.2 Å². The van der Waals surface area contributed by atoms with E-state index in [1.165, 1.54) is 9.21 Å². The van der Waals surface area contributed by atoms with Gasteiger partial charge in [0.1, 0.15) is 5.75 Å². The Morgan fingerprint density at radius 3 is 2.26 bits per heavy atom. The maximum absolute atomic E-state index is 13.1. The van der Waals surface area contributed by atoms with E-state index in [4.69, 9.17) is 14.7 Å². The molecular weight excluding hydrogens is 470 g/mol. The summed E-state index contributed by atoms with van der Waals surface area (Å²) in [7, 11) is -3.69. The highest BCUT2D eigenvalue weighted by atomic mass is 32.2. The van der Waals surface area contributed by atoms with Crippen LogP contribution >= 0.6 is 0 Å². The fraction of sp³-hybridized carbons (Fsp3) is 0.240. The van der Waals surface area contributed by atoms with Crippen LogP contribution in [0.3, 0.4) is 0 Å². The molecule has 0 bridgehead atoms. The Hall–Kier alpha value is -3.94. The number of piperazine rings is 1. The second kappa shape index (κ2) is 10.5. The van der Waals surface area contributed by atoms with Gasteiger partial charge in [-0.25, -0.2) is 13.2 Å². The number of hydrogen-bond donors (Lipinski definition) is 0. The average Bonchev–Trinajstić information content (AvgIpc) is 2.90. The van der Waals surface area contributed by atoms with Crippen molar-refractivity contribution in [1.29, 1.82) is 5.26 Å². The zero-order valence-electron chi connectivity index (χ0n) is 18.8. The summed E-state index contributed by atoms with van der Waals surface area (Å²) in [4.78, 5) is 26.0. The summed E-state index contributed by atoms with van der Waals surface area (Å²) in [6, 6.07) is 20.8. The van der Waals surface area contributed by atoms with Crippen molar-refractivity contribution in [1.82, 2.24) is 9.21 Å². The van der Waals surface area contributed by atoms with Crippen LogP contribution in [-0.2, 0) is 24.3 Å².